The van der Waals surface area contributed by atoms with E-state index >= 15 is 0 Å². The van der Waals surface area contributed by atoms with Gasteiger partial charge in [0.15, 0.2) is 11.6 Å². The van der Waals surface area contributed by atoms with Crippen molar-refractivity contribution in [3.63, 3.8) is 0 Å². The van der Waals surface area contributed by atoms with Crippen molar-refractivity contribution in [2.24, 2.45) is 0 Å². The first kappa shape index (κ1) is 21.4. The summed E-state index contributed by atoms with van der Waals surface area (Å²) in [4.78, 5) is 30.1. The number of amides is 2. The number of aromatic nitrogens is 3. The molecule has 0 unspecified atom stereocenters. The zero-order chi connectivity index (χ0) is 23.3. The Bertz CT molecular complexity index is 1210. The lowest BCUT2D eigenvalue weighted by Gasteiger charge is -2.28. The van der Waals surface area contributed by atoms with E-state index in [9.17, 15) is 27.2 Å². The third-order valence-electron chi connectivity index (χ3n) is 6.01. The van der Waals surface area contributed by atoms with Crippen molar-refractivity contribution in [3.8, 4) is 0 Å². The van der Waals surface area contributed by atoms with E-state index in [0.717, 1.165) is 12.1 Å². The second-order valence-corrected chi connectivity index (χ2v) is 8.30. The van der Waals surface area contributed by atoms with Gasteiger partial charge in [-0.05, 0) is 25.0 Å². The maximum Gasteiger partial charge on any atom is 0.345 e. The van der Waals surface area contributed by atoms with Gasteiger partial charge in [-0.15, -0.1) is 0 Å². The summed E-state index contributed by atoms with van der Waals surface area (Å²) in [6, 6.07) is 3.44. The molecular formula is C21H19F4N5O3. The lowest BCUT2D eigenvalue weighted by molar-refractivity contribution is -0.135. The SMILES string of the molecule is O=C(NC1(COC(F)F)CC1)c1cnn2c1CN(C(=O)c1cc3cc(F)c(F)cc3[nH]1)CC2. The predicted molar refractivity (Wildman–Crippen MR) is 107 cm³/mol. The van der Waals surface area contributed by atoms with E-state index in [2.05, 4.69) is 20.1 Å². The largest absolute Gasteiger partial charge is 0.350 e. The number of carbonyl (C=O) groups excluding carboxylic acids is 2. The van der Waals surface area contributed by atoms with Gasteiger partial charge in [0.2, 0.25) is 0 Å². The molecular weight excluding hydrogens is 446 g/mol. The highest BCUT2D eigenvalue weighted by Gasteiger charge is 2.45. The van der Waals surface area contributed by atoms with Crippen LogP contribution < -0.4 is 5.32 Å². The van der Waals surface area contributed by atoms with Crippen LogP contribution in [0.5, 0.6) is 0 Å². The number of rotatable bonds is 6. The summed E-state index contributed by atoms with van der Waals surface area (Å²) in [6.07, 6.45) is 2.44. The van der Waals surface area contributed by atoms with Gasteiger partial charge in [0.1, 0.15) is 5.69 Å². The smallest absolute Gasteiger partial charge is 0.345 e. The number of hydrogen-bond acceptors (Lipinski definition) is 4. The first-order valence-corrected chi connectivity index (χ1v) is 10.3. The van der Waals surface area contributed by atoms with E-state index in [-0.39, 0.29) is 24.4 Å². The summed E-state index contributed by atoms with van der Waals surface area (Å²) in [5.41, 5.74) is 0.388. The molecule has 2 aromatic heterocycles. The maximum absolute atomic E-state index is 13.5. The van der Waals surface area contributed by atoms with Gasteiger partial charge in [-0.2, -0.15) is 13.9 Å². The van der Waals surface area contributed by atoms with Crippen LogP contribution in [0.25, 0.3) is 10.9 Å². The fourth-order valence-electron chi connectivity index (χ4n) is 4.01. The zero-order valence-corrected chi connectivity index (χ0v) is 17.2. The minimum Gasteiger partial charge on any atom is -0.350 e. The van der Waals surface area contributed by atoms with Gasteiger partial charge in [0, 0.05) is 23.5 Å². The minimum atomic E-state index is -2.92. The van der Waals surface area contributed by atoms with Crippen molar-refractivity contribution in [2.45, 2.75) is 38.1 Å². The molecule has 174 valence electrons. The van der Waals surface area contributed by atoms with Gasteiger partial charge < -0.3 is 19.9 Å². The van der Waals surface area contributed by atoms with Crippen LogP contribution in [0.4, 0.5) is 17.6 Å². The molecule has 2 amide bonds. The van der Waals surface area contributed by atoms with E-state index in [1.807, 2.05) is 0 Å². The van der Waals surface area contributed by atoms with Gasteiger partial charge in [-0.1, -0.05) is 0 Å². The van der Waals surface area contributed by atoms with Crippen LogP contribution in [0.1, 0.15) is 39.4 Å². The molecule has 1 fully saturated rings. The first-order chi connectivity index (χ1) is 15.7. The molecule has 12 heteroatoms. The van der Waals surface area contributed by atoms with Crippen molar-refractivity contribution >= 4 is 22.7 Å². The third kappa shape index (κ3) is 4.06. The van der Waals surface area contributed by atoms with E-state index in [4.69, 9.17) is 0 Å². The second kappa shape index (κ2) is 7.87. The topological polar surface area (TPSA) is 92.2 Å². The fraction of sp³-hybridized carbons (Fsp3) is 0.381. The molecule has 0 spiro atoms. The quantitative estimate of drug-likeness (QED) is 0.548. The van der Waals surface area contributed by atoms with E-state index in [1.165, 1.54) is 17.2 Å². The average molecular weight is 465 g/mol. The maximum atomic E-state index is 13.5. The van der Waals surface area contributed by atoms with Crippen LogP contribution in [0, 0.1) is 11.6 Å². The molecule has 0 bridgehead atoms. The number of alkyl halides is 2. The molecule has 5 rings (SSSR count). The highest BCUT2D eigenvalue weighted by Crippen LogP contribution is 2.36. The van der Waals surface area contributed by atoms with Crippen LogP contribution in [0.15, 0.2) is 24.4 Å². The van der Waals surface area contributed by atoms with Crippen molar-refractivity contribution in [2.75, 3.05) is 13.2 Å². The molecule has 33 heavy (non-hydrogen) atoms. The lowest BCUT2D eigenvalue weighted by atomic mass is 10.1. The number of carbonyl (C=O) groups is 2. The predicted octanol–water partition coefficient (Wildman–Crippen LogP) is 2.80. The number of fused-ring (bicyclic) bond motifs is 2. The Morgan fingerprint density at radius 2 is 1.94 bits per heavy atom. The van der Waals surface area contributed by atoms with Crippen LogP contribution in [0.2, 0.25) is 0 Å². The molecule has 0 radical (unpaired) electrons. The molecule has 2 N–H and O–H groups in total. The van der Waals surface area contributed by atoms with Crippen molar-refractivity contribution in [3.05, 3.63) is 53.0 Å². The third-order valence-corrected chi connectivity index (χ3v) is 6.01. The van der Waals surface area contributed by atoms with E-state index < -0.39 is 35.6 Å². The van der Waals surface area contributed by atoms with Gasteiger partial charge in [0.05, 0.1) is 42.7 Å². The highest BCUT2D eigenvalue weighted by molar-refractivity contribution is 5.99. The summed E-state index contributed by atoms with van der Waals surface area (Å²) in [6.45, 7) is -2.46. The number of H-pyrrole nitrogens is 1. The molecule has 2 aliphatic rings. The Hall–Kier alpha value is -3.41. The normalized spacial score (nSPS) is 16.8. The van der Waals surface area contributed by atoms with Crippen LogP contribution >= 0.6 is 0 Å². The van der Waals surface area contributed by atoms with Crippen LogP contribution in [-0.4, -0.2) is 56.8 Å². The second-order valence-electron chi connectivity index (χ2n) is 8.30. The highest BCUT2D eigenvalue weighted by atomic mass is 19.3. The molecule has 1 aliphatic carbocycles. The number of ether oxygens (including phenoxy) is 1. The number of halogens is 4. The Morgan fingerprint density at radius 3 is 2.67 bits per heavy atom. The number of aromatic amines is 1. The lowest BCUT2D eigenvalue weighted by Crippen LogP contribution is -2.42. The van der Waals surface area contributed by atoms with Gasteiger partial charge >= 0.3 is 6.61 Å². The average Bonchev–Trinajstić information content (AvgIpc) is 3.22. The molecule has 0 atom stereocenters. The van der Waals surface area contributed by atoms with Crippen LogP contribution in [-0.2, 0) is 17.8 Å². The zero-order valence-electron chi connectivity index (χ0n) is 17.2. The van der Waals surface area contributed by atoms with Gasteiger partial charge in [-0.25, -0.2) is 8.78 Å². The Balaban J connectivity index is 1.32. The van der Waals surface area contributed by atoms with Crippen LogP contribution in [0.3, 0.4) is 0 Å². The van der Waals surface area contributed by atoms with E-state index in [0.29, 0.717) is 42.5 Å². The number of hydrogen-bond donors (Lipinski definition) is 2. The Morgan fingerprint density at radius 1 is 1.18 bits per heavy atom. The van der Waals surface area contributed by atoms with Gasteiger partial charge in [-0.3, -0.25) is 14.3 Å². The minimum absolute atomic E-state index is 0.0835. The number of nitrogens with zero attached hydrogens (tertiary/aromatic N) is 3. The van der Waals surface area contributed by atoms with Crippen molar-refractivity contribution in [1.29, 1.82) is 0 Å². The summed E-state index contributed by atoms with van der Waals surface area (Å²) in [7, 11) is 0. The van der Waals surface area contributed by atoms with Gasteiger partial charge in [0.25, 0.3) is 11.8 Å². The molecule has 8 nitrogen and oxygen atoms in total. The molecule has 0 saturated heterocycles. The Labute approximate surface area is 184 Å². The summed E-state index contributed by atoms with van der Waals surface area (Å²) >= 11 is 0. The molecule has 1 aliphatic heterocycles. The Kier molecular flexibility index (Phi) is 5.11. The molecule has 1 aromatic carbocycles. The fourth-order valence-corrected chi connectivity index (χ4v) is 4.01. The summed E-state index contributed by atoms with van der Waals surface area (Å²) < 4.78 is 57.7. The number of benzene rings is 1. The van der Waals surface area contributed by atoms with Crippen molar-refractivity contribution < 1.29 is 31.9 Å². The van der Waals surface area contributed by atoms with Crippen molar-refractivity contribution in [1.82, 2.24) is 25.0 Å². The first-order valence-electron chi connectivity index (χ1n) is 10.3. The standard InChI is InChI=1S/C21H19F4N5O3/c22-13-5-11-6-16(27-15(11)7-14(13)23)19(32)29-3-4-30-17(9-29)12(8-26-30)18(31)28-21(1-2-21)10-33-20(24)25/h5-8,20,27H,1-4,9-10H2,(H,28,31). The monoisotopic (exact) mass is 465 g/mol. The summed E-state index contributed by atoms with van der Waals surface area (Å²) in [5.74, 6) is -2.90. The molecule has 1 saturated carbocycles. The number of nitrogens with one attached hydrogen (secondary N) is 2. The van der Waals surface area contributed by atoms with E-state index in [1.54, 1.807) is 4.68 Å². The molecule has 3 heterocycles. The molecule has 3 aromatic rings. The summed E-state index contributed by atoms with van der Waals surface area (Å²) in [5, 5.41) is 7.31.